The standard InChI is InChI=1S/C16H12P.2ClH.Zr/c1-3-7-13(8-4-1)15-11-12-16(17-15)14-9-5-2-6-10-14;;;/h1-11,17H;2*1H;/q-1;;;+3/p-2. The van der Waals surface area contributed by atoms with Gasteiger partial charge in [0.15, 0.2) is 0 Å². The van der Waals surface area contributed by atoms with Gasteiger partial charge in [0, 0.05) is 0 Å². The van der Waals surface area contributed by atoms with Crippen molar-refractivity contribution in [1.82, 2.24) is 0 Å². The van der Waals surface area contributed by atoms with Crippen LogP contribution in [0.2, 0.25) is 0 Å². The van der Waals surface area contributed by atoms with Gasteiger partial charge in [0.05, 0.1) is 0 Å². The summed E-state index contributed by atoms with van der Waals surface area (Å²) in [5.74, 6) is 0. The van der Waals surface area contributed by atoms with Gasteiger partial charge in [-0.25, -0.2) is 8.19 Å². The monoisotopic (exact) mass is 395 g/mol. The normalized spacial score (nSPS) is 9.20. The molecule has 0 aliphatic rings. The maximum Gasteiger partial charge on any atom is 3.00 e. The Morgan fingerprint density at radius 1 is 0.700 bits per heavy atom. The summed E-state index contributed by atoms with van der Waals surface area (Å²) in [5, 5.41) is 2.69. The summed E-state index contributed by atoms with van der Waals surface area (Å²) >= 11 is 0. The average Bonchev–Trinajstić information content (AvgIpc) is 2.90. The molecular formula is C16H12Cl2PZr. The van der Waals surface area contributed by atoms with Crippen molar-refractivity contribution in [3.63, 3.8) is 0 Å². The van der Waals surface area contributed by atoms with Gasteiger partial charge in [-0.2, -0.15) is 12.1 Å². The zero-order valence-corrected chi connectivity index (χ0v) is 15.6. The van der Waals surface area contributed by atoms with Crippen molar-refractivity contribution < 1.29 is 51.0 Å². The van der Waals surface area contributed by atoms with Gasteiger partial charge in [-0.05, 0) is 0 Å². The van der Waals surface area contributed by atoms with Crippen LogP contribution in [0.15, 0.2) is 66.7 Å². The molecule has 1 aromatic heterocycles. The first-order valence-corrected chi connectivity index (χ1v) is 6.65. The quantitative estimate of drug-likeness (QED) is 0.480. The molecule has 0 aliphatic carbocycles. The minimum Gasteiger partial charge on any atom is -1.00 e. The first-order chi connectivity index (χ1) is 8.43. The van der Waals surface area contributed by atoms with Crippen LogP contribution in [-0.4, -0.2) is 0 Å². The number of hydrogen-bond donors (Lipinski definition) is 0. The maximum atomic E-state index is 3.39. The van der Waals surface area contributed by atoms with E-state index in [9.17, 15) is 0 Å². The fourth-order valence-corrected chi connectivity index (χ4v) is 3.06. The molecule has 0 bridgehead atoms. The van der Waals surface area contributed by atoms with E-state index in [4.69, 9.17) is 0 Å². The molecule has 0 amide bonds. The van der Waals surface area contributed by atoms with Crippen molar-refractivity contribution in [2.45, 2.75) is 0 Å². The van der Waals surface area contributed by atoms with Crippen LogP contribution in [0, 0.1) is 6.07 Å². The van der Waals surface area contributed by atoms with Crippen molar-refractivity contribution in [3.05, 3.63) is 72.8 Å². The van der Waals surface area contributed by atoms with E-state index in [2.05, 4.69) is 66.7 Å². The number of hydrogen-bond acceptors (Lipinski definition) is 0. The summed E-state index contributed by atoms with van der Waals surface area (Å²) in [4.78, 5) is 0. The first kappa shape index (κ1) is 19.7. The summed E-state index contributed by atoms with van der Waals surface area (Å²) in [6.07, 6.45) is 0. The minimum atomic E-state index is 0. The third kappa shape index (κ3) is 4.61. The molecule has 0 aliphatic heterocycles. The van der Waals surface area contributed by atoms with Crippen LogP contribution in [0.5, 0.6) is 0 Å². The van der Waals surface area contributed by atoms with Crippen LogP contribution in [0.3, 0.4) is 0 Å². The van der Waals surface area contributed by atoms with Gasteiger partial charge in [-0.15, -0.1) is 23.0 Å². The smallest absolute Gasteiger partial charge is 1.00 e. The molecular weight excluding hydrogens is 385 g/mol. The van der Waals surface area contributed by atoms with Gasteiger partial charge in [0.1, 0.15) is 0 Å². The second-order valence-electron chi connectivity index (χ2n) is 3.93. The Bertz CT molecular complexity index is 555. The molecule has 0 N–H and O–H groups in total. The molecule has 0 fully saturated rings. The topological polar surface area (TPSA) is 0 Å². The van der Waals surface area contributed by atoms with E-state index >= 15 is 0 Å². The Labute approximate surface area is 153 Å². The Balaban J connectivity index is 0.00000120. The van der Waals surface area contributed by atoms with E-state index in [1.807, 2.05) is 6.07 Å². The van der Waals surface area contributed by atoms with Gasteiger partial charge in [0.25, 0.3) is 0 Å². The SMILES string of the molecule is [Cl-].[Cl-].[Zr+3].[c-]1cc(-c2ccccc2)[pH]c1-c1ccccc1. The Morgan fingerprint density at radius 3 is 1.75 bits per heavy atom. The molecule has 20 heavy (non-hydrogen) atoms. The van der Waals surface area contributed by atoms with E-state index in [1.165, 1.54) is 21.7 Å². The van der Waals surface area contributed by atoms with Gasteiger partial charge >= 0.3 is 26.2 Å². The molecule has 1 heterocycles. The van der Waals surface area contributed by atoms with Crippen LogP contribution in [-0.2, 0) is 26.2 Å². The predicted molar refractivity (Wildman–Crippen MR) is 75.7 cm³/mol. The summed E-state index contributed by atoms with van der Waals surface area (Å²) < 4.78 is 0. The fraction of sp³-hybridized carbons (Fsp3) is 0. The van der Waals surface area contributed by atoms with Crippen molar-refractivity contribution in [1.29, 1.82) is 0 Å². The van der Waals surface area contributed by atoms with Crippen molar-refractivity contribution in [2.24, 2.45) is 0 Å². The Hall–Kier alpha value is -0.317. The summed E-state index contributed by atoms with van der Waals surface area (Å²) in [5.41, 5.74) is 2.59. The molecule has 0 spiro atoms. The molecule has 4 heteroatoms. The summed E-state index contributed by atoms with van der Waals surface area (Å²) in [6.45, 7) is 0. The molecule has 2 aromatic carbocycles. The van der Waals surface area contributed by atoms with E-state index in [0.717, 1.165) is 0 Å². The van der Waals surface area contributed by atoms with Crippen molar-refractivity contribution in [3.8, 4) is 21.7 Å². The minimum absolute atomic E-state index is 0. The number of halogens is 2. The van der Waals surface area contributed by atoms with E-state index < -0.39 is 0 Å². The fourth-order valence-electron chi connectivity index (χ4n) is 1.88. The van der Waals surface area contributed by atoms with Crippen molar-refractivity contribution in [2.75, 3.05) is 0 Å². The molecule has 1 atom stereocenters. The first-order valence-electron chi connectivity index (χ1n) is 5.65. The second-order valence-corrected chi connectivity index (χ2v) is 5.22. The van der Waals surface area contributed by atoms with Gasteiger partial charge in [-0.1, -0.05) is 59.4 Å². The van der Waals surface area contributed by atoms with Crippen LogP contribution < -0.4 is 24.8 Å². The second kappa shape index (κ2) is 9.59. The molecule has 3 aromatic rings. The molecule has 3 rings (SSSR count). The molecule has 1 unspecified atom stereocenters. The molecule has 0 saturated heterocycles. The van der Waals surface area contributed by atoms with E-state index in [0.29, 0.717) is 8.19 Å². The third-order valence-electron chi connectivity index (χ3n) is 2.77. The van der Waals surface area contributed by atoms with E-state index in [1.54, 1.807) is 0 Å². The summed E-state index contributed by atoms with van der Waals surface area (Å²) in [6, 6.07) is 26.6. The van der Waals surface area contributed by atoms with Gasteiger partial charge in [0.2, 0.25) is 0 Å². The molecule has 0 nitrogen and oxygen atoms in total. The Morgan fingerprint density at radius 2 is 1.20 bits per heavy atom. The Kier molecular flexibility index (Phi) is 9.44. The van der Waals surface area contributed by atoms with Crippen LogP contribution >= 0.6 is 8.19 Å². The molecule has 0 saturated carbocycles. The van der Waals surface area contributed by atoms with Gasteiger partial charge in [-0.3, -0.25) is 0 Å². The van der Waals surface area contributed by atoms with Crippen LogP contribution in [0.25, 0.3) is 21.7 Å². The zero-order chi connectivity index (χ0) is 11.5. The largest absolute Gasteiger partial charge is 3.00 e. The molecule has 1 radical (unpaired) electrons. The zero-order valence-electron chi connectivity index (χ0n) is 10.6. The van der Waals surface area contributed by atoms with Gasteiger partial charge < -0.3 is 24.8 Å². The number of benzene rings is 2. The average molecular weight is 397 g/mol. The predicted octanol–water partition coefficient (Wildman–Crippen LogP) is -1.14. The summed E-state index contributed by atoms with van der Waals surface area (Å²) in [7, 11) is 0.712. The third-order valence-corrected chi connectivity index (χ3v) is 4.15. The maximum absolute atomic E-state index is 3.39. The van der Waals surface area contributed by atoms with Crippen LogP contribution in [0.1, 0.15) is 0 Å². The number of rotatable bonds is 2. The van der Waals surface area contributed by atoms with Crippen molar-refractivity contribution >= 4 is 8.19 Å². The molecule has 99 valence electrons. The van der Waals surface area contributed by atoms with E-state index in [-0.39, 0.29) is 51.0 Å². The van der Waals surface area contributed by atoms with Crippen LogP contribution in [0.4, 0.5) is 0 Å².